The van der Waals surface area contributed by atoms with E-state index in [2.05, 4.69) is 14.7 Å². The zero-order valence-corrected chi connectivity index (χ0v) is 10.6. The number of anilines is 1. The summed E-state index contributed by atoms with van der Waals surface area (Å²) < 4.78 is 26.4. The maximum absolute atomic E-state index is 12.0. The van der Waals surface area contributed by atoms with E-state index in [1.54, 1.807) is 17.5 Å². The van der Waals surface area contributed by atoms with Crippen molar-refractivity contribution in [2.75, 3.05) is 4.72 Å². The second kappa shape index (κ2) is 5.09. The van der Waals surface area contributed by atoms with Crippen LogP contribution in [0.3, 0.4) is 0 Å². The molecule has 2 rings (SSSR count). The summed E-state index contributed by atoms with van der Waals surface area (Å²) in [6.45, 7) is 0. The van der Waals surface area contributed by atoms with Gasteiger partial charge in [-0.25, -0.2) is 8.42 Å². The average molecular weight is 280 g/mol. The Morgan fingerprint density at radius 2 is 1.94 bits per heavy atom. The average Bonchev–Trinajstić information content (AvgIpc) is 2.82. The monoisotopic (exact) mass is 280 g/mol. The van der Waals surface area contributed by atoms with Crippen LogP contribution in [0.4, 0.5) is 10.7 Å². The summed E-state index contributed by atoms with van der Waals surface area (Å²) in [4.78, 5) is 2.74. The van der Waals surface area contributed by atoms with Crippen molar-refractivity contribution in [1.29, 1.82) is 0 Å². The van der Waals surface area contributed by atoms with Crippen LogP contribution in [0, 0.1) is 0 Å². The molecule has 0 fully saturated rings. The normalized spacial score (nSPS) is 10.7. The fourth-order valence-corrected chi connectivity index (χ4v) is 3.20. The van der Waals surface area contributed by atoms with Crippen LogP contribution in [-0.4, -0.2) is 8.42 Å². The lowest BCUT2D eigenvalue weighted by Crippen LogP contribution is -2.11. The first-order valence-corrected chi connectivity index (χ1v) is 7.19. The molecular weight excluding hydrogens is 272 g/mol. The van der Waals surface area contributed by atoms with Crippen LogP contribution in [0.1, 0.15) is 0 Å². The number of nitrogens with zero attached hydrogens (tertiary/aromatic N) is 3. The minimum atomic E-state index is -3.59. The Hall–Kier alpha value is -2.02. The molecule has 0 aliphatic heterocycles. The van der Waals surface area contributed by atoms with Gasteiger partial charge in [0.2, 0.25) is 0 Å². The van der Waals surface area contributed by atoms with Crippen LogP contribution < -0.4 is 4.72 Å². The molecule has 1 N–H and O–H groups in total. The lowest BCUT2D eigenvalue weighted by atomic mass is 10.3. The van der Waals surface area contributed by atoms with Crippen LogP contribution in [0.15, 0.2) is 51.8 Å². The molecule has 0 saturated heterocycles. The Morgan fingerprint density at radius 3 is 2.50 bits per heavy atom. The molecule has 0 saturated carbocycles. The first-order chi connectivity index (χ1) is 8.62. The summed E-state index contributed by atoms with van der Waals surface area (Å²) in [7, 11) is -3.59. The minimum Gasteiger partial charge on any atom is -0.270 e. The molecule has 0 radical (unpaired) electrons. The molecule has 0 atom stereocenters. The van der Waals surface area contributed by atoms with Crippen molar-refractivity contribution in [3.63, 3.8) is 0 Å². The Bertz CT molecular complexity index is 671. The van der Waals surface area contributed by atoms with E-state index in [1.165, 1.54) is 35.6 Å². The SMILES string of the molecule is [N-]=[N+]=Nc1ccc(S(=O)(=O)Nc2cccs2)cc1. The molecule has 18 heavy (non-hydrogen) atoms. The lowest BCUT2D eigenvalue weighted by Gasteiger charge is -2.05. The molecular formula is C10H8N4O2S2. The third kappa shape index (κ3) is 2.80. The Kier molecular flexibility index (Phi) is 3.52. The highest BCUT2D eigenvalue weighted by Crippen LogP contribution is 2.22. The van der Waals surface area contributed by atoms with Crippen molar-refractivity contribution < 1.29 is 8.42 Å². The highest BCUT2D eigenvalue weighted by atomic mass is 32.2. The zero-order valence-electron chi connectivity index (χ0n) is 9.02. The summed E-state index contributed by atoms with van der Waals surface area (Å²) >= 11 is 1.30. The summed E-state index contributed by atoms with van der Waals surface area (Å²) in [5, 5.41) is 5.70. The van der Waals surface area contributed by atoms with Gasteiger partial charge in [0, 0.05) is 10.6 Å². The van der Waals surface area contributed by atoms with Crippen molar-refractivity contribution >= 4 is 32.0 Å². The number of azide groups is 1. The van der Waals surface area contributed by atoms with Crippen LogP contribution >= 0.6 is 11.3 Å². The van der Waals surface area contributed by atoms with Gasteiger partial charge in [0.05, 0.1) is 4.90 Å². The van der Waals surface area contributed by atoms with E-state index in [-0.39, 0.29) is 4.90 Å². The largest absolute Gasteiger partial charge is 0.270 e. The molecule has 6 nitrogen and oxygen atoms in total. The fraction of sp³-hybridized carbons (Fsp3) is 0. The number of sulfonamides is 1. The van der Waals surface area contributed by atoms with Crippen LogP contribution in [0.2, 0.25) is 0 Å². The van der Waals surface area contributed by atoms with Crippen LogP contribution in [-0.2, 0) is 10.0 Å². The molecule has 0 aliphatic rings. The lowest BCUT2D eigenvalue weighted by molar-refractivity contribution is 0.601. The predicted octanol–water partition coefficient (Wildman–Crippen LogP) is 3.49. The summed E-state index contributed by atoms with van der Waals surface area (Å²) in [5.41, 5.74) is 8.62. The summed E-state index contributed by atoms with van der Waals surface area (Å²) in [6.07, 6.45) is 0. The van der Waals surface area contributed by atoms with Gasteiger partial charge in [-0.1, -0.05) is 17.2 Å². The quantitative estimate of drug-likeness (QED) is 0.527. The van der Waals surface area contributed by atoms with Crippen molar-refractivity contribution in [3.8, 4) is 0 Å². The van der Waals surface area contributed by atoms with Crippen LogP contribution in [0.5, 0.6) is 0 Å². The molecule has 1 aromatic carbocycles. The van der Waals surface area contributed by atoms with E-state index in [0.29, 0.717) is 10.7 Å². The van der Waals surface area contributed by atoms with Gasteiger partial charge >= 0.3 is 0 Å². The van der Waals surface area contributed by atoms with Crippen molar-refractivity contribution in [3.05, 3.63) is 52.2 Å². The second-order valence-corrected chi connectivity index (χ2v) is 5.90. The maximum atomic E-state index is 12.0. The Morgan fingerprint density at radius 1 is 1.22 bits per heavy atom. The van der Waals surface area contributed by atoms with E-state index in [1.807, 2.05) is 0 Å². The molecule has 8 heteroatoms. The van der Waals surface area contributed by atoms with Gasteiger partial charge in [0.1, 0.15) is 5.00 Å². The van der Waals surface area contributed by atoms with Crippen molar-refractivity contribution in [2.24, 2.45) is 5.11 Å². The van der Waals surface area contributed by atoms with E-state index >= 15 is 0 Å². The smallest absolute Gasteiger partial charge is 0.262 e. The van der Waals surface area contributed by atoms with Crippen molar-refractivity contribution in [1.82, 2.24) is 0 Å². The minimum absolute atomic E-state index is 0.118. The predicted molar refractivity (Wildman–Crippen MR) is 70.4 cm³/mol. The second-order valence-electron chi connectivity index (χ2n) is 3.27. The van der Waals surface area contributed by atoms with Gasteiger partial charge in [0.25, 0.3) is 10.0 Å². The molecule has 0 bridgehead atoms. The van der Waals surface area contributed by atoms with Crippen LogP contribution in [0.25, 0.3) is 10.4 Å². The Labute approximate surface area is 108 Å². The summed E-state index contributed by atoms with van der Waals surface area (Å²) in [6, 6.07) is 9.11. The maximum Gasteiger partial charge on any atom is 0.262 e. The number of benzene rings is 1. The number of hydrogen-bond acceptors (Lipinski definition) is 4. The van der Waals surface area contributed by atoms with Gasteiger partial charge in [-0.05, 0) is 35.2 Å². The summed E-state index contributed by atoms with van der Waals surface area (Å²) in [5.74, 6) is 0. The molecule has 0 spiro atoms. The van der Waals surface area contributed by atoms with Crippen molar-refractivity contribution in [2.45, 2.75) is 4.90 Å². The third-order valence-electron chi connectivity index (χ3n) is 2.06. The molecule has 1 heterocycles. The molecule has 92 valence electrons. The van der Waals surface area contributed by atoms with E-state index in [0.717, 1.165) is 0 Å². The molecule has 2 aromatic rings. The van der Waals surface area contributed by atoms with E-state index < -0.39 is 10.0 Å². The fourth-order valence-electron chi connectivity index (χ4n) is 1.27. The standard InChI is InChI=1S/C10H8N4O2S2/c11-14-12-8-3-5-9(6-4-8)18(15,16)13-10-2-1-7-17-10/h1-7,13H. The first-order valence-electron chi connectivity index (χ1n) is 4.83. The third-order valence-corrected chi connectivity index (χ3v) is 4.36. The number of thiophene rings is 1. The van der Waals surface area contributed by atoms with Gasteiger partial charge < -0.3 is 0 Å². The molecule has 1 aromatic heterocycles. The van der Waals surface area contributed by atoms with Gasteiger partial charge in [-0.3, -0.25) is 4.72 Å². The van der Waals surface area contributed by atoms with Gasteiger partial charge in [0.15, 0.2) is 0 Å². The van der Waals surface area contributed by atoms with Gasteiger partial charge in [-0.2, -0.15) is 0 Å². The number of hydrogen-bond donors (Lipinski definition) is 1. The number of nitrogens with one attached hydrogen (secondary N) is 1. The number of rotatable bonds is 4. The van der Waals surface area contributed by atoms with E-state index in [9.17, 15) is 8.42 Å². The molecule has 0 aliphatic carbocycles. The topological polar surface area (TPSA) is 94.9 Å². The molecule has 0 amide bonds. The van der Waals surface area contributed by atoms with E-state index in [4.69, 9.17) is 5.53 Å². The first kappa shape index (κ1) is 12.4. The van der Waals surface area contributed by atoms with Gasteiger partial charge in [-0.15, -0.1) is 11.3 Å². The highest BCUT2D eigenvalue weighted by molar-refractivity contribution is 7.93. The molecule has 0 unspecified atom stereocenters. The Balaban J connectivity index is 2.27. The zero-order chi connectivity index (χ0) is 13.0. The highest BCUT2D eigenvalue weighted by Gasteiger charge is 2.14.